The first-order valence-electron chi connectivity index (χ1n) is 9.52. The summed E-state index contributed by atoms with van der Waals surface area (Å²) < 4.78 is 48.1. The first-order chi connectivity index (χ1) is 13.8. The smallest absolute Gasteiger partial charge is 0.246 e. The predicted octanol–water partition coefficient (Wildman–Crippen LogP) is 3.01. The number of oxazole rings is 1. The van der Waals surface area contributed by atoms with Crippen LogP contribution in [-0.2, 0) is 23.5 Å². The lowest BCUT2D eigenvalue weighted by atomic mass is 10.00. The van der Waals surface area contributed by atoms with Crippen molar-refractivity contribution in [3.05, 3.63) is 65.4 Å². The number of hydrogen-bond acceptors (Lipinski definition) is 5. The summed E-state index contributed by atoms with van der Waals surface area (Å²) in [4.78, 5) is 4.63. The lowest BCUT2D eigenvalue weighted by Crippen LogP contribution is -2.39. The Morgan fingerprint density at radius 1 is 1.28 bits per heavy atom. The van der Waals surface area contributed by atoms with Crippen LogP contribution in [0.5, 0.6) is 0 Å². The topological polar surface area (TPSA) is 81.2 Å². The van der Waals surface area contributed by atoms with E-state index in [2.05, 4.69) is 10.1 Å². The normalized spacial score (nSPS) is 18.2. The van der Waals surface area contributed by atoms with Gasteiger partial charge in [0, 0.05) is 38.7 Å². The van der Waals surface area contributed by atoms with Gasteiger partial charge in [-0.1, -0.05) is 12.1 Å². The molecule has 1 aliphatic heterocycles. The highest BCUT2D eigenvalue weighted by molar-refractivity contribution is 7.89. The van der Waals surface area contributed by atoms with E-state index in [0.29, 0.717) is 36.9 Å². The highest BCUT2D eigenvalue weighted by Crippen LogP contribution is 2.31. The number of halogens is 1. The molecule has 1 aromatic carbocycles. The van der Waals surface area contributed by atoms with E-state index in [1.165, 1.54) is 21.1 Å². The van der Waals surface area contributed by atoms with Gasteiger partial charge in [0.05, 0.1) is 11.9 Å². The number of hydrogen-bond donors (Lipinski definition) is 0. The van der Waals surface area contributed by atoms with Crippen LogP contribution >= 0.6 is 0 Å². The SMILES string of the molecule is Cc1nn(C)cc1S(=O)(=O)N1CCCC(c2ncc(Cc3ccc(F)cc3)o2)C1. The number of nitrogens with zero attached hydrogens (tertiary/aromatic N) is 4. The monoisotopic (exact) mass is 418 g/mol. The van der Waals surface area contributed by atoms with Gasteiger partial charge >= 0.3 is 0 Å². The van der Waals surface area contributed by atoms with Crippen LogP contribution in [0.15, 0.2) is 46.0 Å². The average molecular weight is 418 g/mol. The summed E-state index contributed by atoms with van der Waals surface area (Å²) in [5.74, 6) is 0.844. The van der Waals surface area contributed by atoms with Crippen molar-refractivity contribution >= 4 is 10.0 Å². The van der Waals surface area contributed by atoms with Crippen molar-refractivity contribution in [2.45, 2.75) is 37.0 Å². The number of rotatable bonds is 5. The molecule has 3 heterocycles. The van der Waals surface area contributed by atoms with E-state index < -0.39 is 10.0 Å². The Morgan fingerprint density at radius 2 is 2.03 bits per heavy atom. The molecule has 0 spiro atoms. The molecule has 3 aromatic rings. The van der Waals surface area contributed by atoms with E-state index in [-0.39, 0.29) is 16.6 Å². The standard InChI is InChI=1S/C20H23FN4O3S/c1-14-19(13-24(2)23-14)29(26,27)25-9-3-4-16(12-25)20-22-11-18(28-20)10-15-5-7-17(21)8-6-15/h5-8,11,13,16H,3-4,9-10,12H2,1-2H3. The van der Waals surface area contributed by atoms with E-state index in [4.69, 9.17) is 4.42 Å². The number of piperidine rings is 1. The Bertz CT molecular complexity index is 1110. The largest absolute Gasteiger partial charge is 0.445 e. The molecule has 0 bridgehead atoms. The quantitative estimate of drug-likeness (QED) is 0.636. The molecular formula is C20H23FN4O3S. The van der Waals surface area contributed by atoms with Gasteiger partial charge in [0.25, 0.3) is 0 Å². The Kier molecular flexibility index (Phi) is 5.26. The fraction of sp³-hybridized carbons (Fsp3) is 0.400. The summed E-state index contributed by atoms with van der Waals surface area (Å²) in [5, 5.41) is 4.15. The van der Waals surface area contributed by atoms with Crippen LogP contribution < -0.4 is 0 Å². The fourth-order valence-corrected chi connectivity index (χ4v) is 5.45. The molecule has 1 atom stereocenters. The second kappa shape index (κ2) is 7.72. The Morgan fingerprint density at radius 3 is 2.72 bits per heavy atom. The molecule has 0 radical (unpaired) electrons. The number of aryl methyl sites for hydroxylation is 2. The molecule has 1 saturated heterocycles. The molecule has 4 rings (SSSR count). The van der Waals surface area contributed by atoms with Crippen molar-refractivity contribution in [2.75, 3.05) is 13.1 Å². The fourth-order valence-electron chi connectivity index (χ4n) is 3.73. The summed E-state index contributed by atoms with van der Waals surface area (Å²) in [6.07, 6.45) is 5.27. The Labute approximate surface area is 169 Å². The molecule has 0 aliphatic carbocycles. The van der Waals surface area contributed by atoms with Gasteiger partial charge in [0.2, 0.25) is 10.0 Å². The first-order valence-corrected chi connectivity index (χ1v) is 11.0. The zero-order chi connectivity index (χ0) is 20.6. The second-order valence-electron chi connectivity index (χ2n) is 7.42. The van der Waals surface area contributed by atoms with Gasteiger partial charge in [0.15, 0.2) is 5.89 Å². The van der Waals surface area contributed by atoms with Crippen molar-refractivity contribution < 1.29 is 17.2 Å². The molecule has 1 fully saturated rings. The lowest BCUT2D eigenvalue weighted by Gasteiger charge is -2.30. The molecule has 9 heteroatoms. The molecule has 1 unspecified atom stereocenters. The van der Waals surface area contributed by atoms with Crippen LogP contribution in [0.4, 0.5) is 4.39 Å². The third kappa shape index (κ3) is 4.11. The van der Waals surface area contributed by atoms with E-state index in [1.54, 1.807) is 38.5 Å². The third-order valence-corrected chi connectivity index (χ3v) is 7.15. The van der Waals surface area contributed by atoms with Crippen LogP contribution in [0.25, 0.3) is 0 Å². The molecule has 29 heavy (non-hydrogen) atoms. The average Bonchev–Trinajstić information content (AvgIpc) is 3.30. The minimum absolute atomic E-state index is 0.0996. The maximum atomic E-state index is 13.1. The van der Waals surface area contributed by atoms with Crippen molar-refractivity contribution in [1.82, 2.24) is 19.1 Å². The summed E-state index contributed by atoms with van der Waals surface area (Å²) in [5.41, 5.74) is 1.42. The van der Waals surface area contributed by atoms with Gasteiger partial charge in [-0.25, -0.2) is 17.8 Å². The molecule has 7 nitrogen and oxygen atoms in total. The van der Waals surface area contributed by atoms with E-state index in [0.717, 1.165) is 18.4 Å². The van der Waals surface area contributed by atoms with Crippen LogP contribution in [0.3, 0.4) is 0 Å². The van der Waals surface area contributed by atoms with E-state index in [1.807, 2.05) is 0 Å². The molecule has 0 amide bonds. The summed E-state index contributed by atoms with van der Waals surface area (Å²) >= 11 is 0. The van der Waals surface area contributed by atoms with Crippen molar-refractivity contribution in [1.29, 1.82) is 0 Å². The third-order valence-electron chi connectivity index (χ3n) is 5.18. The number of benzene rings is 1. The van der Waals surface area contributed by atoms with Crippen molar-refractivity contribution in [3.8, 4) is 0 Å². The van der Waals surface area contributed by atoms with Crippen LogP contribution in [-0.4, -0.2) is 40.6 Å². The van der Waals surface area contributed by atoms with Crippen LogP contribution in [0.2, 0.25) is 0 Å². The maximum absolute atomic E-state index is 13.1. The zero-order valence-electron chi connectivity index (χ0n) is 16.4. The van der Waals surface area contributed by atoms with E-state index >= 15 is 0 Å². The Balaban J connectivity index is 1.49. The maximum Gasteiger partial charge on any atom is 0.246 e. The van der Waals surface area contributed by atoms with Crippen molar-refractivity contribution in [3.63, 3.8) is 0 Å². The summed E-state index contributed by atoms with van der Waals surface area (Å²) in [6.45, 7) is 2.49. The molecule has 0 saturated carbocycles. The van der Waals surface area contributed by atoms with Crippen molar-refractivity contribution in [2.24, 2.45) is 7.05 Å². The zero-order valence-corrected chi connectivity index (χ0v) is 17.2. The summed E-state index contributed by atoms with van der Waals surface area (Å²) in [7, 11) is -1.90. The number of sulfonamides is 1. The molecular weight excluding hydrogens is 395 g/mol. The van der Waals surface area contributed by atoms with Gasteiger partial charge < -0.3 is 4.42 Å². The van der Waals surface area contributed by atoms with E-state index in [9.17, 15) is 12.8 Å². The van der Waals surface area contributed by atoms with Gasteiger partial charge in [-0.05, 0) is 37.5 Å². The predicted molar refractivity (Wildman–Crippen MR) is 104 cm³/mol. The lowest BCUT2D eigenvalue weighted by molar-refractivity contribution is 0.281. The molecule has 1 aliphatic rings. The first kappa shape index (κ1) is 19.8. The van der Waals surface area contributed by atoms with Crippen LogP contribution in [0, 0.1) is 12.7 Å². The Hall–Kier alpha value is -2.52. The van der Waals surface area contributed by atoms with Gasteiger partial charge in [-0.2, -0.15) is 9.40 Å². The highest BCUT2D eigenvalue weighted by Gasteiger charge is 2.34. The minimum atomic E-state index is -3.61. The molecule has 2 aromatic heterocycles. The van der Waals surface area contributed by atoms with Gasteiger partial charge in [-0.15, -0.1) is 0 Å². The summed E-state index contributed by atoms with van der Waals surface area (Å²) in [6, 6.07) is 6.25. The highest BCUT2D eigenvalue weighted by atomic mass is 32.2. The second-order valence-corrected chi connectivity index (χ2v) is 9.33. The molecule has 154 valence electrons. The van der Waals surface area contributed by atoms with Gasteiger partial charge in [-0.3, -0.25) is 4.68 Å². The van der Waals surface area contributed by atoms with Gasteiger partial charge in [0.1, 0.15) is 16.5 Å². The van der Waals surface area contributed by atoms with Crippen LogP contribution in [0.1, 0.15) is 41.7 Å². The molecule has 0 N–H and O–H groups in total. The number of aromatic nitrogens is 3. The minimum Gasteiger partial charge on any atom is -0.445 e.